The van der Waals surface area contributed by atoms with E-state index in [0.717, 1.165) is 41.1 Å². The van der Waals surface area contributed by atoms with E-state index in [4.69, 9.17) is 14.2 Å². The Morgan fingerprint density at radius 1 is 0.735 bits per heavy atom. The lowest BCUT2D eigenvalue weighted by molar-refractivity contribution is -0.276. The first-order valence-electron chi connectivity index (χ1n) is 16.6. The molecule has 1 aliphatic heterocycles. The summed E-state index contributed by atoms with van der Waals surface area (Å²) in [5, 5.41) is 15.4. The van der Waals surface area contributed by atoms with Crippen LogP contribution in [0.3, 0.4) is 0 Å². The summed E-state index contributed by atoms with van der Waals surface area (Å²) in [7, 11) is 2.12. The molecule has 0 bridgehead atoms. The number of carbonyl (C=O) groups is 1. The predicted octanol–water partition coefficient (Wildman–Crippen LogP) is 8.22. The van der Waals surface area contributed by atoms with Crippen molar-refractivity contribution in [1.82, 2.24) is 10.2 Å². The van der Waals surface area contributed by atoms with E-state index in [-0.39, 0.29) is 30.8 Å². The Labute approximate surface area is 288 Å². The van der Waals surface area contributed by atoms with Crippen LogP contribution in [0.2, 0.25) is 0 Å². The molecular formula is C41H43N3O5. The van der Waals surface area contributed by atoms with E-state index in [1.54, 1.807) is 12.1 Å². The first-order chi connectivity index (χ1) is 23.9. The highest BCUT2D eigenvalue weighted by Gasteiger charge is 2.38. The van der Waals surface area contributed by atoms with Gasteiger partial charge in [0.1, 0.15) is 11.5 Å². The van der Waals surface area contributed by atoms with E-state index < -0.39 is 6.29 Å². The van der Waals surface area contributed by atoms with Gasteiger partial charge in [-0.05, 0) is 65.7 Å². The molecule has 2 amide bonds. The molecule has 0 aromatic heterocycles. The molecule has 252 valence electrons. The predicted molar refractivity (Wildman–Crippen MR) is 191 cm³/mol. The Bertz CT molecular complexity index is 1750. The molecule has 4 atom stereocenters. The smallest absolute Gasteiger partial charge is 0.319 e. The zero-order chi connectivity index (χ0) is 34.0. The summed E-state index contributed by atoms with van der Waals surface area (Å²) < 4.78 is 19.1. The van der Waals surface area contributed by atoms with Gasteiger partial charge < -0.3 is 30.0 Å². The summed E-state index contributed by atoms with van der Waals surface area (Å²) >= 11 is 0. The number of benzene rings is 5. The number of aliphatic hydroxyl groups excluding tert-OH is 1. The Morgan fingerprint density at radius 2 is 1.35 bits per heavy atom. The van der Waals surface area contributed by atoms with Crippen LogP contribution in [0.4, 0.5) is 10.5 Å². The molecule has 0 radical (unpaired) electrons. The van der Waals surface area contributed by atoms with Gasteiger partial charge in [-0.25, -0.2) is 4.79 Å². The van der Waals surface area contributed by atoms with Crippen LogP contribution in [0.1, 0.15) is 47.1 Å². The van der Waals surface area contributed by atoms with Gasteiger partial charge in [0, 0.05) is 36.8 Å². The van der Waals surface area contributed by atoms with E-state index in [0.29, 0.717) is 18.0 Å². The number of ether oxygens (including phenoxy) is 3. The molecule has 0 aliphatic carbocycles. The highest BCUT2D eigenvalue weighted by molar-refractivity contribution is 5.89. The third-order valence-corrected chi connectivity index (χ3v) is 8.71. The van der Waals surface area contributed by atoms with Crippen molar-refractivity contribution in [1.29, 1.82) is 0 Å². The van der Waals surface area contributed by atoms with Gasteiger partial charge in [0.25, 0.3) is 0 Å². The van der Waals surface area contributed by atoms with Crippen molar-refractivity contribution in [2.45, 2.75) is 45.1 Å². The summed E-state index contributed by atoms with van der Waals surface area (Å²) in [4.78, 5) is 14.9. The lowest BCUT2D eigenvalue weighted by Gasteiger charge is -2.42. The molecule has 1 fully saturated rings. The van der Waals surface area contributed by atoms with Crippen LogP contribution in [-0.4, -0.2) is 35.7 Å². The van der Waals surface area contributed by atoms with Crippen molar-refractivity contribution in [2.75, 3.05) is 18.9 Å². The average Bonchev–Trinajstić information content (AvgIpc) is 3.13. The highest BCUT2D eigenvalue weighted by atomic mass is 16.7. The monoisotopic (exact) mass is 657 g/mol. The first-order valence-corrected chi connectivity index (χ1v) is 16.6. The third kappa shape index (κ3) is 9.34. The second-order valence-electron chi connectivity index (χ2n) is 12.5. The molecule has 0 unspecified atom stereocenters. The molecule has 1 heterocycles. The maximum Gasteiger partial charge on any atom is 0.319 e. The molecule has 5 aromatic carbocycles. The summed E-state index contributed by atoms with van der Waals surface area (Å²) in [6.45, 7) is 4.09. The molecule has 8 heteroatoms. The molecule has 49 heavy (non-hydrogen) atoms. The minimum atomic E-state index is -0.562. The lowest BCUT2D eigenvalue weighted by atomic mass is 9.90. The van der Waals surface area contributed by atoms with Gasteiger partial charge in [-0.15, -0.1) is 0 Å². The fraction of sp³-hybridized carbons (Fsp3) is 0.244. The number of para-hydroxylation sites is 1. The largest absolute Gasteiger partial charge is 0.457 e. The van der Waals surface area contributed by atoms with Gasteiger partial charge in [0.15, 0.2) is 6.29 Å². The Kier molecular flexibility index (Phi) is 11.4. The van der Waals surface area contributed by atoms with E-state index in [2.05, 4.69) is 53.8 Å². The first kappa shape index (κ1) is 33.9. The van der Waals surface area contributed by atoms with Gasteiger partial charge in [-0.2, -0.15) is 0 Å². The van der Waals surface area contributed by atoms with E-state index in [1.807, 2.05) is 97.1 Å². The number of hydrogen-bond acceptors (Lipinski definition) is 6. The van der Waals surface area contributed by atoms with Crippen LogP contribution in [-0.2, 0) is 29.2 Å². The SMILES string of the molecule is C[C@H]1[C@@H](CN(C)Cc2ccccc2)O[C@@H](c2ccc(CNC(=O)Nc3ccc(Oc4ccccc4)cc3)cc2)O[C@H]1c1ccc(CO)cc1. The molecule has 5 aromatic rings. The van der Waals surface area contributed by atoms with Crippen LogP contribution in [0.25, 0.3) is 0 Å². The van der Waals surface area contributed by atoms with Gasteiger partial charge >= 0.3 is 6.03 Å². The molecule has 6 rings (SSSR count). The molecule has 8 nitrogen and oxygen atoms in total. The summed E-state index contributed by atoms with van der Waals surface area (Å²) in [5.41, 5.74) is 5.69. The van der Waals surface area contributed by atoms with Gasteiger partial charge in [0.05, 0.1) is 18.8 Å². The van der Waals surface area contributed by atoms with Gasteiger partial charge in [-0.1, -0.05) is 104 Å². The van der Waals surface area contributed by atoms with E-state index in [1.165, 1.54) is 5.56 Å². The third-order valence-electron chi connectivity index (χ3n) is 8.71. The number of urea groups is 1. The number of likely N-dealkylation sites (N-methyl/N-ethyl adjacent to an activating group) is 1. The van der Waals surface area contributed by atoms with Crippen molar-refractivity contribution >= 4 is 11.7 Å². The Balaban J connectivity index is 1.07. The van der Waals surface area contributed by atoms with Gasteiger partial charge in [0.2, 0.25) is 0 Å². The van der Waals surface area contributed by atoms with Crippen molar-refractivity contribution in [2.24, 2.45) is 5.92 Å². The number of hydrogen-bond donors (Lipinski definition) is 3. The Hall–Kier alpha value is -4.99. The second-order valence-corrected chi connectivity index (χ2v) is 12.5. The summed E-state index contributed by atoms with van der Waals surface area (Å²) in [5.74, 6) is 1.53. The summed E-state index contributed by atoms with van der Waals surface area (Å²) in [6.07, 6.45) is -0.836. The van der Waals surface area contributed by atoms with E-state index >= 15 is 0 Å². The molecular weight excluding hydrogens is 614 g/mol. The maximum absolute atomic E-state index is 12.6. The normalized spacial score (nSPS) is 18.9. The standard InChI is InChI=1S/C41H43N3O5/c1-29-38(27-44(2)26-31-9-5-3-6-10-31)48-40(49-39(29)33-17-15-32(28-45)16-18-33)34-19-13-30(14-20-34)25-42-41(46)43-35-21-23-37(24-22-35)47-36-11-7-4-8-12-36/h3-24,29,38-40,45H,25-28H2,1-2H3,(H2,42,43,46)/t29-,38+,39+,40+/m0/s1. The quantitative estimate of drug-likeness (QED) is 0.125. The van der Waals surface area contributed by atoms with E-state index in [9.17, 15) is 9.90 Å². The zero-order valence-corrected chi connectivity index (χ0v) is 27.9. The number of carbonyl (C=O) groups excluding carboxylic acids is 1. The topological polar surface area (TPSA) is 92.3 Å². The maximum atomic E-state index is 12.6. The lowest BCUT2D eigenvalue weighted by Crippen LogP contribution is -2.43. The number of rotatable bonds is 12. The van der Waals surface area contributed by atoms with Crippen LogP contribution < -0.4 is 15.4 Å². The zero-order valence-electron chi connectivity index (χ0n) is 27.9. The minimum Gasteiger partial charge on any atom is -0.457 e. The van der Waals surface area contributed by atoms with Crippen molar-refractivity contribution in [3.63, 3.8) is 0 Å². The van der Waals surface area contributed by atoms with Crippen molar-refractivity contribution in [3.8, 4) is 11.5 Å². The van der Waals surface area contributed by atoms with Crippen LogP contribution in [0.15, 0.2) is 133 Å². The van der Waals surface area contributed by atoms with Crippen LogP contribution in [0.5, 0.6) is 11.5 Å². The van der Waals surface area contributed by atoms with Crippen molar-refractivity contribution in [3.05, 3.63) is 161 Å². The number of anilines is 1. The van der Waals surface area contributed by atoms with Gasteiger partial charge in [-0.3, -0.25) is 4.90 Å². The minimum absolute atomic E-state index is 0.000575. The number of nitrogens with one attached hydrogen (secondary N) is 2. The van der Waals surface area contributed by atoms with Crippen molar-refractivity contribution < 1.29 is 24.1 Å². The number of nitrogens with zero attached hydrogens (tertiary/aromatic N) is 1. The fourth-order valence-corrected chi connectivity index (χ4v) is 5.98. The van der Waals surface area contributed by atoms with Crippen LogP contribution in [0, 0.1) is 5.92 Å². The molecule has 3 N–H and O–H groups in total. The molecule has 1 saturated heterocycles. The molecule has 0 saturated carbocycles. The molecule has 0 spiro atoms. The highest BCUT2D eigenvalue weighted by Crippen LogP contribution is 2.42. The van der Waals surface area contributed by atoms with Crippen LogP contribution >= 0.6 is 0 Å². The number of amides is 2. The number of aliphatic hydroxyl groups is 1. The average molecular weight is 658 g/mol. The molecule has 1 aliphatic rings. The Morgan fingerprint density at radius 3 is 2.02 bits per heavy atom. The second kappa shape index (κ2) is 16.4. The fourth-order valence-electron chi connectivity index (χ4n) is 5.98. The summed E-state index contributed by atoms with van der Waals surface area (Å²) in [6, 6.07) is 42.8.